The molecular weight excluding hydrogens is 973 g/mol. The molecule has 0 saturated heterocycles. The van der Waals surface area contributed by atoms with Gasteiger partial charge in [-0.25, -0.2) is 0 Å². The summed E-state index contributed by atoms with van der Waals surface area (Å²) in [6.45, 7) is 0. The van der Waals surface area contributed by atoms with Crippen LogP contribution in [0.4, 0.5) is 0 Å². The SMILES string of the molecule is c1ccc(-n2c3ccccc3c3cccc(-c4cccc5c(-c6ccc7c(c6)sc6ccc(-c8c9ccccc9c(-c9cccc%10c%11ccccc%11n(-c%11ccccc%11)c9%10)c9ccccc89)cc67)c6ccccc6cc45)c32)cc1. The Morgan fingerprint density at radius 3 is 1.30 bits per heavy atom. The molecule has 0 aliphatic rings. The van der Waals surface area contributed by atoms with Crippen molar-refractivity contribution in [1.29, 1.82) is 0 Å². The van der Waals surface area contributed by atoms with Crippen molar-refractivity contribution < 1.29 is 0 Å². The molecule has 79 heavy (non-hydrogen) atoms. The van der Waals surface area contributed by atoms with Gasteiger partial charge in [-0.1, -0.05) is 218 Å². The van der Waals surface area contributed by atoms with Gasteiger partial charge in [-0.2, -0.15) is 0 Å². The molecule has 366 valence electrons. The van der Waals surface area contributed by atoms with Crippen LogP contribution >= 0.6 is 11.3 Å². The first kappa shape index (κ1) is 44.1. The van der Waals surface area contributed by atoms with E-state index in [1.54, 1.807) is 0 Å². The molecule has 3 aromatic heterocycles. The van der Waals surface area contributed by atoms with Gasteiger partial charge in [0.1, 0.15) is 0 Å². The zero-order valence-electron chi connectivity index (χ0n) is 42.9. The van der Waals surface area contributed by atoms with Gasteiger partial charge in [-0.05, 0) is 137 Å². The zero-order valence-corrected chi connectivity index (χ0v) is 43.7. The van der Waals surface area contributed by atoms with Crippen LogP contribution in [0.3, 0.4) is 0 Å². The first-order valence-electron chi connectivity index (χ1n) is 27.2. The minimum atomic E-state index is 1.16. The van der Waals surface area contributed by atoms with E-state index in [9.17, 15) is 0 Å². The van der Waals surface area contributed by atoms with E-state index in [2.05, 4.69) is 288 Å². The smallest absolute Gasteiger partial charge is 0.0619 e. The Morgan fingerprint density at radius 2 is 0.671 bits per heavy atom. The van der Waals surface area contributed by atoms with Crippen LogP contribution in [0, 0.1) is 0 Å². The number of thiophene rings is 1. The van der Waals surface area contributed by atoms with E-state index < -0.39 is 0 Å². The Balaban J connectivity index is 0.846. The van der Waals surface area contributed by atoms with Gasteiger partial charge in [0.05, 0.1) is 22.1 Å². The fraction of sp³-hybridized carbons (Fsp3) is 0. The normalized spacial score (nSPS) is 12.1. The van der Waals surface area contributed by atoms with Crippen molar-refractivity contribution in [2.24, 2.45) is 0 Å². The number of para-hydroxylation sites is 6. The van der Waals surface area contributed by atoms with Crippen LogP contribution in [0.5, 0.6) is 0 Å². The molecule has 0 aliphatic heterocycles. The molecule has 0 spiro atoms. The van der Waals surface area contributed by atoms with Crippen molar-refractivity contribution in [1.82, 2.24) is 9.13 Å². The molecule has 0 aliphatic carbocycles. The predicted octanol–water partition coefficient (Wildman–Crippen LogP) is 21.5. The van der Waals surface area contributed by atoms with Gasteiger partial charge in [-0.3, -0.25) is 0 Å². The van der Waals surface area contributed by atoms with Crippen molar-refractivity contribution in [3.63, 3.8) is 0 Å². The molecule has 14 aromatic carbocycles. The molecule has 0 bridgehead atoms. The lowest BCUT2D eigenvalue weighted by atomic mass is 9.85. The summed E-state index contributed by atoms with van der Waals surface area (Å²) in [6.07, 6.45) is 0. The molecular formula is C76H46N2S. The Bertz CT molecular complexity index is 5310. The average Bonchev–Trinajstić information content (AvgIpc) is 4.32. The van der Waals surface area contributed by atoms with Crippen molar-refractivity contribution in [2.45, 2.75) is 0 Å². The van der Waals surface area contributed by atoms with Gasteiger partial charge in [0, 0.05) is 64.2 Å². The second-order valence-corrected chi connectivity index (χ2v) is 22.1. The molecule has 17 rings (SSSR count). The number of fused-ring (bicyclic) bond motifs is 13. The number of hydrogen-bond acceptors (Lipinski definition) is 1. The quantitative estimate of drug-likeness (QED) is 0.147. The summed E-state index contributed by atoms with van der Waals surface area (Å²) in [5.41, 5.74) is 17.1. The van der Waals surface area contributed by atoms with Crippen molar-refractivity contribution in [2.75, 3.05) is 0 Å². The number of rotatable bonds is 6. The molecule has 0 N–H and O–H groups in total. The third-order valence-corrected chi connectivity index (χ3v) is 18.0. The standard InChI is InChI=1S/C76H46N2S/c1-3-21-50(22-4-1)77-68-38-15-13-26-54(68)63-35-18-34-62(75(63)77)53-32-17-33-61-66(53)44-47-20-7-8-25-52(47)72(61)49-40-42-56-67-45-48(41-43-70(67)79-71(56)46-49)73-57-28-9-11-30-59(57)74(60-31-12-10-29-58(60)73)65-37-19-36-64-55-27-14-16-39-69(55)78(76(64)65)51-23-5-2-6-24-51/h1-46H. The predicted molar refractivity (Wildman–Crippen MR) is 340 cm³/mol. The third-order valence-electron chi connectivity index (χ3n) is 16.9. The highest BCUT2D eigenvalue weighted by Gasteiger charge is 2.24. The molecule has 0 atom stereocenters. The maximum Gasteiger partial charge on any atom is 0.0619 e. The van der Waals surface area contributed by atoms with Gasteiger partial charge < -0.3 is 9.13 Å². The van der Waals surface area contributed by atoms with E-state index in [1.165, 1.54) is 151 Å². The Labute approximate surface area is 459 Å². The van der Waals surface area contributed by atoms with Crippen molar-refractivity contribution >= 4 is 118 Å². The average molecular weight is 1020 g/mol. The highest BCUT2D eigenvalue weighted by Crippen LogP contribution is 2.50. The van der Waals surface area contributed by atoms with Gasteiger partial charge in [0.15, 0.2) is 0 Å². The summed E-state index contributed by atoms with van der Waals surface area (Å²) in [6, 6.07) is 104. The van der Waals surface area contributed by atoms with Crippen molar-refractivity contribution in [3.05, 3.63) is 279 Å². The topological polar surface area (TPSA) is 9.86 Å². The summed E-state index contributed by atoms with van der Waals surface area (Å²) in [5, 5.41) is 17.5. The lowest BCUT2D eigenvalue weighted by molar-refractivity contribution is 1.18. The third kappa shape index (κ3) is 6.51. The van der Waals surface area contributed by atoms with Crippen LogP contribution in [0.25, 0.3) is 163 Å². The van der Waals surface area contributed by atoms with E-state index in [-0.39, 0.29) is 0 Å². The number of nitrogens with zero attached hydrogens (tertiary/aromatic N) is 2. The molecule has 3 heterocycles. The van der Waals surface area contributed by atoms with E-state index in [0.29, 0.717) is 0 Å². The first-order valence-corrected chi connectivity index (χ1v) is 28.1. The molecule has 0 fully saturated rings. The van der Waals surface area contributed by atoms with E-state index in [0.717, 1.165) is 11.4 Å². The van der Waals surface area contributed by atoms with Crippen LogP contribution < -0.4 is 0 Å². The molecule has 2 nitrogen and oxygen atoms in total. The Kier molecular flexibility index (Phi) is 9.62. The van der Waals surface area contributed by atoms with Crippen LogP contribution in [0.1, 0.15) is 0 Å². The summed E-state index contributed by atoms with van der Waals surface area (Å²) < 4.78 is 7.49. The molecule has 0 amide bonds. The fourth-order valence-electron chi connectivity index (χ4n) is 13.6. The number of aromatic nitrogens is 2. The molecule has 3 heteroatoms. The zero-order chi connectivity index (χ0) is 51.7. The molecule has 0 unspecified atom stereocenters. The van der Waals surface area contributed by atoms with Crippen molar-refractivity contribution in [3.8, 4) is 55.9 Å². The summed E-state index contributed by atoms with van der Waals surface area (Å²) in [4.78, 5) is 0. The number of benzene rings is 14. The van der Waals surface area contributed by atoms with E-state index in [4.69, 9.17) is 0 Å². The summed E-state index contributed by atoms with van der Waals surface area (Å²) in [5.74, 6) is 0. The van der Waals surface area contributed by atoms with Crippen LogP contribution in [-0.2, 0) is 0 Å². The minimum Gasteiger partial charge on any atom is -0.309 e. The second-order valence-electron chi connectivity index (χ2n) is 21.0. The second kappa shape index (κ2) is 17.2. The molecule has 0 saturated carbocycles. The van der Waals surface area contributed by atoms with Gasteiger partial charge in [-0.15, -0.1) is 11.3 Å². The maximum atomic E-state index is 2.47. The van der Waals surface area contributed by atoms with Gasteiger partial charge >= 0.3 is 0 Å². The lowest BCUT2D eigenvalue weighted by Gasteiger charge is -2.19. The lowest BCUT2D eigenvalue weighted by Crippen LogP contribution is -1.96. The Hall–Kier alpha value is -10.1. The molecule has 0 radical (unpaired) electrons. The van der Waals surface area contributed by atoms with E-state index in [1.807, 2.05) is 11.3 Å². The highest BCUT2D eigenvalue weighted by atomic mass is 32.1. The number of hydrogen-bond donors (Lipinski definition) is 0. The largest absolute Gasteiger partial charge is 0.309 e. The van der Waals surface area contributed by atoms with Gasteiger partial charge in [0.2, 0.25) is 0 Å². The minimum absolute atomic E-state index is 1.16. The van der Waals surface area contributed by atoms with Crippen LogP contribution in [0.15, 0.2) is 279 Å². The molecule has 17 aromatic rings. The monoisotopic (exact) mass is 1020 g/mol. The van der Waals surface area contributed by atoms with Gasteiger partial charge in [0.25, 0.3) is 0 Å². The maximum absolute atomic E-state index is 2.47. The summed E-state index contributed by atoms with van der Waals surface area (Å²) in [7, 11) is 0. The van der Waals surface area contributed by atoms with Crippen LogP contribution in [0.2, 0.25) is 0 Å². The Morgan fingerprint density at radius 1 is 0.228 bits per heavy atom. The first-order chi connectivity index (χ1) is 39.2. The fourth-order valence-corrected chi connectivity index (χ4v) is 14.7. The van der Waals surface area contributed by atoms with E-state index >= 15 is 0 Å². The summed E-state index contributed by atoms with van der Waals surface area (Å²) >= 11 is 1.89. The highest BCUT2D eigenvalue weighted by molar-refractivity contribution is 7.25. The van der Waals surface area contributed by atoms with Crippen LogP contribution in [-0.4, -0.2) is 9.13 Å².